The van der Waals surface area contributed by atoms with Crippen LogP contribution in [0.3, 0.4) is 0 Å². The Morgan fingerprint density at radius 3 is 2.93 bits per heavy atom. The van der Waals surface area contributed by atoms with Gasteiger partial charge in [-0.05, 0) is 29.5 Å². The Morgan fingerprint density at radius 2 is 2.21 bits per heavy atom. The van der Waals surface area contributed by atoms with Crippen molar-refractivity contribution in [3.8, 4) is 0 Å². The molecular weight excluding hydrogens is 176 g/mol. The van der Waals surface area contributed by atoms with E-state index < -0.39 is 0 Å². The first kappa shape index (κ1) is 9.19. The van der Waals surface area contributed by atoms with Crippen LogP contribution in [0, 0.1) is 0 Å². The van der Waals surface area contributed by atoms with Gasteiger partial charge in [0.05, 0.1) is 0 Å². The molecule has 0 unspecified atom stereocenters. The van der Waals surface area contributed by atoms with Gasteiger partial charge < -0.3 is 5.32 Å². The lowest BCUT2D eigenvalue weighted by molar-refractivity contribution is -0.116. The molecule has 0 radical (unpaired) electrons. The maximum absolute atomic E-state index is 11.2. The van der Waals surface area contributed by atoms with Crippen LogP contribution < -0.4 is 5.32 Å². The van der Waals surface area contributed by atoms with Crippen LogP contribution >= 0.6 is 0 Å². The van der Waals surface area contributed by atoms with E-state index in [1.807, 2.05) is 6.07 Å². The first-order chi connectivity index (χ1) is 6.68. The SMILES string of the molecule is CC(C)c1ccnc2c1CCC(=O)N2. The zero-order chi connectivity index (χ0) is 10.1. The molecule has 1 aliphatic rings. The van der Waals surface area contributed by atoms with E-state index in [4.69, 9.17) is 0 Å². The fourth-order valence-corrected chi connectivity index (χ4v) is 1.85. The number of hydrogen-bond acceptors (Lipinski definition) is 2. The number of carbonyl (C=O) groups excluding carboxylic acids is 1. The van der Waals surface area contributed by atoms with E-state index >= 15 is 0 Å². The third-order valence-corrected chi connectivity index (χ3v) is 2.57. The molecule has 0 aromatic carbocycles. The molecule has 0 bridgehead atoms. The minimum absolute atomic E-state index is 0.0749. The van der Waals surface area contributed by atoms with Crippen molar-refractivity contribution in [2.75, 3.05) is 5.32 Å². The number of rotatable bonds is 1. The van der Waals surface area contributed by atoms with Crippen molar-refractivity contribution in [2.24, 2.45) is 0 Å². The molecule has 1 N–H and O–H groups in total. The molecule has 14 heavy (non-hydrogen) atoms. The third kappa shape index (κ3) is 1.50. The Labute approximate surface area is 83.5 Å². The van der Waals surface area contributed by atoms with Gasteiger partial charge in [-0.25, -0.2) is 4.98 Å². The lowest BCUT2D eigenvalue weighted by Gasteiger charge is -2.20. The van der Waals surface area contributed by atoms with Crippen LogP contribution in [-0.2, 0) is 11.2 Å². The molecule has 0 saturated heterocycles. The maximum Gasteiger partial charge on any atom is 0.225 e. The monoisotopic (exact) mass is 190 g/mol. The van der Waals surface area contributed by atoms with E-state index in [-0.39, 0.29) is 5.91 Å². The van der Waals surface area contributed by atoms with Gasteiger partial charge >= 0.3 is 0 Å². The molecule has 2 rings (SSSR count). The second-order valence-electron chi connectivity index (χ2n) is 3.93. The summed E-state index contributed by atoms with van der Waals surface area (Å²) in [6.07, 6.45) is 3.17. The van der Waals surface area contributed by atoms with Crippen molar-refractivity contribution in [1.82, 2.24) is 4.98 Å². The van der Waals surface area contributed by atoms with Gasteiger partial charge in [0, 0.05) is 12.6 Å². The van der Waals surface area contributed by atoms with Crippen molar-refractivity contribution in [3.05, 3.63) is 23.4 Å². The highest BCUT2D eigenvalue weighted by Gasteiger charge is 2.19. The Balaban J connectivity index is 2.46. The lowest BCUT2D eigenvalue weighted by Crippen LogP contribution is -2.21. The van der Waals surface area contributed by atoms with E-state index in [9.17, 15) is 4.79 Å². The summed E-state index contributed by atoms with van der Waals surface area (Å²) in [5, 5.41) is 2.81. The predicted octanol–water partition coefficient (Wildman–Crippen LogP) is 2.09. The van der Waals surface area contributed by atoms with Crippen molar-refractivity contribution < 1.29 is 4.79 Å². The molecule has 0 fully saturated rings. The minimum Gasteiger partial charge on any atom is -0.310 e. The summed E-state index contributed by atoms with van der Waals surface area (Å²) in [6, 6.07) is 2.04. The number of nitrogens with zero attached hydrogens (tertiary/aromatic N) is 1. The highest BCUT2D eigenvalue weighted by molar-refractivity contribution is 5.93. The average molecular weight is 190 g/mol. The molecule has 1 aromatic heterocycles. The second kappa shape index (κ2) is 3.40. The number of fused-ring (bicyclic) bond motifs is 1. The van der Waals surface area contributed by atoms with Crippen LogP contribution in [0.1, 0.15) is 37.3 Å². The Morgan fingerprint density at radius 1 is 1.43 bits per heavy atom. The van der Waals surface area contributed by atoms with Gasteiger partial charge in [0.15, 0.2) is 0 Å². The van der Waals surface area contributed by atoms with Crippen LogP contribution in [0.2, 0.25) is 0 Å². The molecule has 74 valence electrons. The van der Waals surface area contributed by atoms with E-state index in [2.05, 4.69) is 24.1 Å². The molecule has 0 spiro atoms. The Kier molecular flexibility index (Phi) is 2.23. The second-order valence-corrected chi connectivity index (χ2v) is 3.93. The number of amides is 1. The first-order valence-corrected chi connectivity index (χ1v) is 4.96. The fourth-order valence-electron chi connectivity index (χ4n) is 1.85. The van der Waals surface area contributed by atoms with Crippen LogP contribution in [-0.4, -0.2) is 10.9 Å². The zero-order valence-corrected chi connectivity index (χ0v) is 8.50. The Hall–Kier alpha value is -1.38. The smallest absolute Gasteiger partial charge is 0.225 e. The summed E-state index contributed by atoms with van der Waals surface area (Å²) < 4.78 is 0. The maximum atomic E-state index is 11.2. The van der Waals surface area contributed by atoms with E-state index in [1.54, 1.807) is 6.20 Å². The Bertz CT molecular complexity index is 372. The first-order valence-electron chi connectivity index (χ1n) is 4.96. The molecular formula is C11H14N2O. The number of nitrogens with one attached hydrogen (secondary N) is 1. The standard InChI is InChI=1S/C11H14N2O/c1-7(2)8-5-6-12-11-9(8)3-4-10(14)13-11/h5-7H,3-4H2,1-2H3,(H,12,13,14). The molecule has 1 aromatic rings. The van der Waals surface area contributed by atoms with Crippen LogP contribution in [0.25, 0.3) is 0 Å². The van der Waals surface area contributed by atoms with Gasteiger partial charge in [0.25, 0.3) is 0 Å². The topological polar surface area (TPSA) is 42.0 Å². The molecule has 1 amide bonds. The fraction of sp³-hybridized carbons (Fsp3) is 0.455. The molecule has 3 nitrogen and oxygen atoms in total. The highest BCUT2D eigenvalue weighted by atomic mass is 16.1. The normalized spacial score (nSPS) is 15.2. The summed E-state index contributed by atoms with van der Waals surface area (Å²) >= 11 is 0. The molecule has 0 atom stereocenters. The number of pyridine rings is 1. The summed E-state index contributed by atoms with van der Waals surface area (Å²) in [6.45, 7) is 4.32. The highest BCUT2D eigenvalue weighted by Crippen LogP contribution is 2.28. The number of anilines is 1. The van der Waals surface area contributed by atoms with E-state index in [0.717, 1.165) is 12.2 Å². The lowest BCUT2D eigenvalue weighted by atomic mass is 9.94. The van der Waals surface area contributed by atoms with Crippen LogP contribution in [0.5, 0.6) is 0 Å². The summed E-state index contributed by atoms with van der Waals surface area (Å²) in [5.41, 5.74) is 2.51. The van der Waals surface area contributed by atoms with E-state index in [0.29, 0.717) is 12.3 Å². The third-order valence-electron chi connectivity index (χ3n) is 2.57. The molecule has 2 heterocycles. The van der Waals surface area contributed by atoms with Crippen molar-refractivity contribution in [1.29, 1.82) is 0 Å². The number of carbonyl (C=O) groups is 1. The molecule has 3 heteroatoms. The number of aromatic nitrogens is 1. The van der Waals surface area contributed by atoms with Gasteiger partial charge in [-0.2, -0.15) is 0 Å². The minimum atomic E-state index is 0.0749. The van der Waals surface area contributed by atoms with Crippen LogP contribution in [0.4, 0.5) is 5.82 Å². The van der Waals surface area contributed by atoms with Crippen LogP contribution in [0.15, 0.2) is 12.3 Å². The van der Waals surface area contributed by atoms with Crippen molar-refractivity contribution in [3.63, 3.8) is 0 Å². The molecule has 0 aliphatic carbocycles. The van der Waals surface area contributed by atoms with Gasteiger partial charge in [-0.3, -0.25) is 4.79 Å². The van der Waals surface area contributed by atoms with Gasteiger partial charge in [0.1, 0.15) is 5.82 Å². The molecule has 1 aliphatic heterocycles. The van der Waals surface area contributed by atoms with Crippen molar-refractivity contribution in [2.45, 2.75) is 32.6 Å². The van der Waals surface area contributed by atoms with Gasteiger partial charge in [0.2, 0.25) is 5.91 Å². The number of hydrogen-bond donors (Lipinski definition) is 1. The van der Waals surface area contributed by atoms with E-state index in [1.165, 1.54) is 11.1 Å². The largest absolute Gasteiger partial charge is 0.310 e. The summed E-state index contributed by atoms with van der Waals surface area (Å²) in [7, 11) is 0. The summed E-state index contributed by atoms with van der Waals surface area (Å²) in [4.78, 5) is 15.3. The van der Waals surface area contributed by atoms with Crippen molar-refractivity contribution >= 4 is 11.7 Å². The summed E-state index contributed by atoms with van der Waals surface area (Å²) in [5.74, 6) is 1.32. The van der Waals surface area contributed by atoms with Gasteiger partial charge in [-0.15, -0.1) is 0 Å². The molecule has 0 saturated carbocycles. The zero-order valence-electron chi connectivity index (χ0n) is 8.50. The quantitative estimate of drug-likeness (QED) is 0.736. The average Bonchev–Trinajstić information content (AvgIpc) is 2.16. The van der Waals surface area contributed by atoms with Gasteiger partial charge in [-0.1, -0.05) is 13.8 Å². The predicted molar refractivity (Wildman–Crippen MR) is 55.3 cm³/mol.